The molecule has 0 amide bonds. The first-order valence-electron chi connectivity index (χ1n) is 7.97. The Bertz CT molecular complexity index is 832. The zero-order valence-electron chi connectivity index (χ0n) is 13.4. The van der Waals surface area contributed by atoms with Crippen molar-refractivity contribution in [3.63, 3.8) is 0 Å². The van der Waals surface area contributed by atoms with E-state index in [9.17, 15) is 9.59 Å². The van der Waals surface area contributed by atoms with E-state index in [4.69, 9.17) is 0 Å². The topological polar surface area (TPSA) is 54.9 Å². The average molecular weight is 298 g/mol. The Morgan fingerprint density at radius 3 is 2.64 bits per heavy atom. The molecule has 0 saturated carbocycles. The maximum Gasteiger partial charge on any atom is 0.328 e. The van der Waals surface area contributed by atoms with Gasteiger partial charge in [-0.2, -0.15) is 0 Å². The minimum atomic E-state index is -0.305. The van der Waals surface area contributed by atoms with Gasteiger partial charge in [-0.25, -0.2) is 4.79 Å². The van der Waals surface area contributed by atoms with Gasteiger partial charge in [0, 0.05) is 23.1 Å². The summed E-state index contributed by atoms with van der Waals surface area (Å²) in [5.41, 5.74) is 3.00. The highest BCUT2D eigenvalue weighted by atomic mass is 16.2. The number of hydrogen-bond acceptors (Lipinski definition) is 2. The fourth-order valence-corrected chi connectivity index (χ4v) is 3.49. The van der Waals surface area contributed by atoms with E-state index in [0.717, 1.165) is 30.4 Å². The first-order valence-corrected chi connectivity index (χ1v) is 7.97. The fourth-order valence-electron chi connectivity index (χ4n) is 3.49. The Labute approximate surface area is 129 Å². The smallest absolute Gasteiger partial charge is 0.306 e. The van der Waals surface area contributed by atoms with Gasteiger partial charge >= 0.3 is 5.69 Å². The predicted molar refractivity (Wildman–Crippen MR) is 88.4 cm³/mol. The van der Waals surface area contributed by atoms with Crippen LogP contribution in [0, 0.1) is 0 Å². The molecule has 1 aliphatic rings. The number of aromatic nitrogens is 2. The van der Waals surface area contributed by atoms with Crippen LogP contribution < -0.4 is 11.2 Å². The summed E-state index contributed by atoms with van der Waals surface area (Å²) in [5.74, 6) is 0. The molecule has 4 nitrogen and oxygen atoms in total. The van der Waals surface area contributed by atoms with E-state index in [0.29, 0.717) is 12.2 Å². The number of rotatable bonds is 3. The van der Waals surface area contributed by atoms with Crippen molar-refractivity contribution in [1.29, 1.82) is 0 Å². The second-order valence-electron chi connectivity index (χ2n) is 6.39. The van der Waals surface area contributed by atoms with E-state index < -0.39 is 0 Å². The Morgan fingerprint density at radius 2 is 1.95 bits per heavy atom. The lowest BCUT2D eigenvalue weighted by Crippen LogP contribution is -2.44. The Morgan fingerprint density at radius 1 is 1.23 bits per heavy atom. The van der Waals surface area contributed by atoms with Gasteiger partial charge in [0.1, 0.15) is 0 Å². The summed E-state index contributed by atoms with van der Waals surface area (Å²) in [7, 11) is 0. The minimum Gasteiger partial charge on any atom is -0.306 e. The summed E-state index contributed by atoms with van der Waals surface area (Å²) >= 11 is 0. The monoisotopic (exact) mass is 298 g/mol. The van der Waals surface area contributed by atoms with Gasteiger partial charge in [-0.15, -0.1) is 0 Å². The van der Waals surface area contributed by atoms with Crippen LogP contribution in [0.4, 0.5) is 0 Å². The molecule has 0 radical (unpaired) electrons. The number of hydrogen-bond donors (Lipinski definition) is 1. The van der Waals surface area contributed by atoms with E-state index in [-0.39, 0.29) is 16.7 Å². The number of nitrogens with one attached hydrogen (secondary N) is 1. The lowest BCUT2D eigenvalue weighted by atomic mass is 9.69. The molecule has 4 heteroatoms. The van der Waals surface area contributed by atoms with Crippen molar-refractivity contribution >= 4 is 0 Å². The molecule has 0 aliphatic heterocycles. The first-order chi connectivity index (χ1) is 10.5. The van der Waals surface area contributed by atoms with E-state index in [1.54, 1.807) is 0 Å². The highest BCUT2D eigenvalue weighted by molar-refractivity contribution is 5.71. The van der Waals surface area contributed by atoms with Gasteiger partial charge in [-0.1, -0.05) is 45.0 Å². The van der Waals surface area contributed by atoms with E-state index in [1.807, 2.05) is 25.1 Å². The van der Waals surface area contributed by atoms with Crippen LogP contribution in [0.25, 0.3) is 11.3 Å². The maximum atomic E-state index is 13.0. The summed E-state index contributed by atoms with van der Waals surface area (Å²) in [4.78, 5) is 28.2. The number of H-pyrrole nitrogens is 1. The molecule has 1 aromatic carbocycles. The molecule has 0 fully saturated rings. The molecule has 0 saturated heterocycles. The van der Waals surface area contributed by atoms with Gasteiger partial charge in [0.05, 0.1) is 5.69 Å². The standard InChI is InChI=1S/C18H22N2O2/c1-4-10-20-16(21)14-15(19-17(20)22)13-9-7-6-8-12(13)11-18(14,3)5-2/h6-9H,4-5,10-11H2,1-3H3,(H,19,22)/t18-/m1/s1. The molecule has 0 unspecified atom stereocenters. The van der Waals surface area contributed by atoms with Crippen LogP contribution in [-0.4, -0.2) is 9.55 Å². The van der Waals surface area contributed by atoms with Crippen molar-refractivity contribution in [1.82, 2.24) is 9.55 Å². The molecule has 0 bridgehead atoms. The molecule has 1 atom stereocenters. The normalized spacial score (nSPS) is 19.6. The number of aromatic amines is 1. The molecule has 1 aliphatic carbocycles. The molecule has 1 heterocycles. The Balaban J connectivity index is 2.40. The zero-order valence-corrected chi connectivity index (χ0v) is 13.4. The highest BCUT2D eigenvalue weighted by Gasteiger charge is 2.37. The third kappa shape index (κ3) is 2.05. The highest BCUT2D eigenvalue weighted by Crippen LogP contribution is 2.41. The number of nitrogens with zero attached hydrogens (tertiary/aromatic N) is 1. The molecule has 0 spiro atoms. The molecule has 3 rings (SSSR count). The van der Waals surface area contributed by atoms with Crippen LogP contribution in [-0.2, 0) is 18.4 Å². The van der Waals surface area contributed by atoms with Crippen LogP contribution in [0.2, 0.25) is 0 Å². The molecule has 1 N–H and O–H groups in total. The van der Waals surface area contributed by atoms with Crippen LogP contribution in [0.5, 0.6) is 0 Å². The molecule has 2 aromatic rings. The Kier molecular flexibility index (Phi) is 3.55. The van der Waals surface area contributed by atoms with Crippen molar-refractivity contribution in [2.45, 2.75) is 52.0 Å². The summed E-state index contributed by atoms with van der Waals surface area (Å²) in [5, 5.41) is 0. The van der Waals surface area contributed by atoms with Crippen LogP contribution in [0.3, 0.4) is 0 Å². The predicted octanol–water partition coefficient (Wildman–Crippen LogP) is 2.84. The van der Waals surface area contributed by atoms with Crippen LogP contribution in [0.1, 0.15) is 44.7 Å². The van der Waals surface area contributed by atoms with E-state index >= 15 is 0 Å². The van der Waals surface area contributed by atoms with Gasteiger partial charge in [-0.05, 0) is 24.8 Å². The quantitative estimate of drug-likeness (QED) is 0.947. The van der Waals surface area contributed by atoms with Gasteiger partial charge in [0.25, 0.3) is 5.56 Å². The summed E-state index contributed by atoms with van der Waals surface area (Å²) in [6, 6.07) is 8.04. The third-order valence-electron chi connectivity index (χ3n) is 4.88. The molecule has 1 aromatic heterocycles. The second kappa shape index (κ2) is 5.27. The maximum absolute atomic E-state index is 13.0. The number of benzene rings is 1. The summed E-state index contributed by atoms with van der Waals surface area (Å²) in [6.07, 6.45) is 2.46. The lowest BCUT2D eigenvalue weighted by Gasteiger charge is -2.35. The van der Waals surface area contributed by atoms with Crippen molar-refractivity contribution in [2.24, 2.45) is 0 Å². The van der Waals surface area contributed by atoms with Crippen molar-refractivity contribution in [2.75, 3.05) is 0 Å². The summed E-state index contributed by atoms with van der Waals surface area (Å²) in [6.45, 7) is 6.66. The molecular weight excluding hydrogens is 276 g/mol. The SMILES string of the molecule is CCCn1c(=O)[nH]c2c(c1=O)[C@](C)(CC)Cc1ccccc1-2. The van der Waals surface area contributed by atoms with Crippen LogP contribution >= 0.6 is 0 Å². The van der Waals surface area contributed by atoms with E-state index in [2.05, 4.69) is 24.9 Å². The third-order valence-corrected chi connectivity index (χ3v) is 4.88. The van der Waals surface area contributed by atoms with Gasteiger partial charge in [0.15, 0.2) is 0 Å². The van der Waals surface area contributed by atoms with Crippen LogP contribution in [0.15, 0.2) is 33.9 Å². The van der Waals surface area contributed by atoms with Crippen molar-refractivity contribution < 1.29 is 0 Å². The number of fused-ring (bicyclic) bond motifs is 3. The van der Waals surface area contributed by atoms with Crippen molar-refractivity contribution in [3.8, 4) is 11.3 Å². The first kappa shape index (κ1) is 14.8. The van der Waals surface area contributed by atoms with Crippen molar-refractivity contribution in [3.05, 3.63) is 56.2 Å². The lowest BCUT2D eigenvalue weighted by molar-refractivity contribution is 0.431. The zero-order chi connectivity index (χ0) is 15.9. The fraction of sp³-hybridized carbons (Fsp3) is 0.444. The van der Waals surface area contributed by atoms with Gasteiger partial charge < -0.3 is 4.98 Å². The molecule has 116 valence electrons. The van der Waals surface area contributed by atoms with Gasteiger partial charge in [-0.3, -0.25) is 9.36 Å². The largest absolute Gasteiger partial charge is 0.328 e. The summed E-state index contributed by atoms with van der Waals surface area (Å²) < 4.78 is 1.35. The van der Waals surface area contributed by atoms with E-state index in [1.165, 1.54) is 10.1 Å². The second-order valence-corrected chi connectivity index (χ2v) is 6.39. The molecular formula is C18H22N2O2. The molecule has 22 heavy (non-hydrogen) atoms. The average Bonchev–Trinajstić information content (AvgIpc) is 2.51. The Hall–Kier alpha value is -2.10. The van der Waals surface area contributed by atoms with Gasteiger partial charge in [0.2, 0.25) is 0 Å². The minimum absolute atomic E-state index is 0.126.